The lowest BCUT2D eigenvalue weighted by Gasteiger charge is -2.46. The van der Waals surface area contributed by atoms with Crippen LogP contribution in [0.1, 0.15) is 63.5 Å². The molecule has 2 N–H and O–H groups in total. The molecule has 2 amide bonds. The minimum Gasteiger partial charge on any atom is -0.490 e. The van der Waals surface area contributed by atoms with Gasteiger partial charge in [-0.05, 0) is 112 Å². The molecule has 7 rings (SSSR count). The summed E-state index contributed by atoms with van der Waals surface area (Å²) in [5.41, 5.74) is 1.31. The monoisotopic (exact) mass is 741 g/mol. The van der Waals surface area contributed by atoms with Gasteiger partial charge >= 0.3 is 0 Å². The van der Waals surface area contributed by atoms with Crippen molar-refractivity contribution in [2.24, 2.45) is 11.8 Å². The zero-order valence-electron chi connectivity index (χ0n) is 29.3. The largest absolute Gasteiger partial charge is 0.490 e. The Labute approximate surface area is 305 Å². The molecule has 2 aromatic rings. The number of rotatable bonds is 4. The maximum Gasteiger partial charge on any atom is 0.265 e. The van der Waals surface area contributed by atoms with Gasteiger partial charge in [-0.1, -0.05) is 29.8 Å². The number of ether oxygens (including phenoxy) is 4. The number of fused-ring (bicyclic) bond motifs is 4. The maximum absolute atomic E-state index is 13.7. The molecule has 3 aliphatic heterocycles. The van der Waals surface area contributed by atoms with Crippen molar-refractivity contribution in [1.29, 1.82) is 0 Å². The first kappa shape index (κ1) is 36.2. The molecule has 3 heterocycles. The molecule has 51 heavy (non-hydrogen) atoms. The van der Waals surface area contributed by atoms with Gasteiger partial charge in [-0.15, -0.1) is 0 Å². The predicted molar refractivity (Wildman–Crippen MR) is 193 cm³/mol. The number of hydrogen-bond acceptors (Lipinski definition) is 9. The molecule has 2 aliphatic carbocycles. The fourth-order valence-corrected chi connectivity index (χ4v) is 9.54. The Bertz CT molecular complexity index is 1780. The number of halogens is 1. The van der Waals surface area contributed by atoms with E-state index in [0.717, 1.165) is 44.9 Å². The molecule has 2 bridgehead atoms. The first-order valence-corrected chi connectivity index (χ1v) is 20.0. The third-order valence-electron chi connectivity index (χ3n) is 11.3. The van der Waals surface area contributed by atoms with Crippen LogP contribution in [-0.4, -0.2) is 84.1 Å². The molecule has 4 atom stereocenters. The first-order valence-electron chi connectivity index (χ1n) is 18.1. The van der Waals surface area contributed by atoms with Gasteiger partial charge in [0.2, 0.25) is 5.91 Å². The number of nitrogens with one attached hydrogen (secondary N) is 2. The molecule has 0 aromatic heterocycles. The smallest absolute Gasteiger partial charge is 0.265 e. The molecular formula is C38H48ClN3O8S. The standard InChI is InChI=1S/C38H48ClN3O8S/c1-37(2)36(44)41-51(45,46)29-9-12-34-32(20-29)42(23-38(24-49-34)15-3-5-25-19-27(39)8-11-31(25)38)21-26-7-10-30(26)33(6-4-16-50-37)48-22-35(43)40-28-13-17-47-18-14-28/h4,6,8-9,11-12,19-20,26,28,30,33H,3,5,7,10,13-18,21-24H2,1-2H3,(H,40,43)(H,41,44)/b6-4-/t26-,30+,33-,38-/m0/s1. The summed E-state index contributed by atoms with van der Waals surface area (Å²) in [5.74, 6) is -0.0396. The lowest BCUT2D eigenvalue weighted by molar-refractivity contribution is -0.139. The SMILES string of the molecule is CC1(C)OC/C=C\[C@H](OCC(=O)NC2CCOCC2)[C@@H]2CC[C@H]2CN2C[C@@]3(CCCc4cc(Cl)ccc43)COc3ccc(cc32)S(=O)(=O)NC1=O. The second-order valence-corrected chi connectivity index (χ2v) is 17.3. The fraction of sp³-hybridized carbons (Fsp3) is 0.579. The Morgan fingerprint density at radius 1 is 1.12 bits per heavy atom. The number of hydrogen-bond donors (Lipinski definition) is 2. The normalized spacial score (nSPS) is 29.7. The molecule has 11 nitrogen and oxygen atoms in total. The van der Waals surface area contributed by atoms with Crippen LogP contribution in [0.2, 0.25) is 5.02 Å². The maximum atomic E-state index is 13.7. The van der Waals surface area contributed by atoms with Crippen LogP contribution >= 0.6 is 11.6 Å². The number of nitrogens with zero attached hydrogens (tertiary/aromatic N) is 1. The van der Waals surface area contributed by atoms with E-state index in [0.29, 0.717) is 49.4 Å². The Kier molecular flexibility index (Phi) is 10.4. The highest BCUT2D eigenvalue weighted by Crippen LogP contribution is 2.47. The van der Waals surface area contributed by atoms with Crippen molar-refractivity contribution < 1.29 is 37.0 Å². The lowest BCUT2D eigenvalue weighted by Crippen LogP contribution is -2.50. The minimum absolute atomic E-state index is 0.0281. The van der Waals surface area contributed by atoms with E-state index in [2.05, 4.69) is 27.1 Å². The summed E-state index contributed by atoms with van der Waals surface area (Å²) in [7, 11) is -4.23. The van der Waals surface area contributed by atoms with Crippen LogP contribution in [0.25, 0.3) is 0 Å². The van der Waals surface area contributed by atoms with E-state index in [4.69, 9.17) is 30.5 Å². The van der Waals surface area contributed by atoms with Crippen molar-refractivity contribution in [1.82, 2.24) is 10.0 Å². The van der Waals surface area contributed by atoms with Gasteiger partial charge in [-0.2, -0.15) is 0 Å². The van der Waals surface area contributed by atoms with Crippen LogP contribution in [0.5, 0.6) is 5.75 Å². The number of anilines is 1. The quantitative estimate of drug-likeness (QED) is 0.429. The Hall–Kier alpha value is -3.16. The van der Waals surface area contributed by atoms with Crippen LogP contribution in [0.15, 0.2) is 53.4 Å². The molecule has 2 aromatic carbocycles. The zero-order chi connectivity index (χ0) is 35.8. The fourth-order valence-electron chi connectivity index (χ4n) is 8.22. The van der Waals surface area contributed by atoms with Crippen molar-refractivity contribution in [3.8, 4) is 5.75 Å². The number of amides is 2. The Morgan fingerprint density at radius 2 is 1.94 bits per heavy atom. The second-order valence-electron chi connectivity index (χ2n) is 15.1. The summed E-state index contributed by atoms with van der Waals surface area (Å²) in [4.78, 5) is 28.5. The van der Waals surface area contributed by atoms with E-state index in [1.54, 1.807) is 18.2 Å². The van der Waals surface area contributed by atoms with Crippen LogP contribution in [0.4, 0.5) is 5.69 Å². The highest BCUT2D eigenvalue weighted by molar-refractivity contribution is 7.90. The van der Waals surface area contributed by atoms with E-state index >= 15 is 0 Å². The number of benzene rings is 2. The summed E-state index contributed by atoms with van der Waals surface area (Å²) >= 11 is 6.44. The van der Waals surface area contributed by atoms with Gasteiger partial charge in [0.15, 0.2) is 0 Å². The van der Waals surface area contributed by atoms with Gasteiger partial charge < -0.3 is 29.2 Å². The molecule has 276 valence electrons. The average molecular weight is 742 g/mol. The van der Waals surface area contributed by atoms with Crippen molar-refractivity contribution in [2.45, 2.75) is 86.9 Å². The predicted octanol–water partition coefficient (Wildman–Crippen LogP) is 4.69. The summed E-state index contributed by atoms with van der Waals surface area (Å²) in [6.45, 7) is 6.00. The molecule has 5 aliphatic rings. The van der Waals surface area contributed by atoms with Crippen molar-refractivity contribution in [2.75, 3.05) is 51.0 Å². The topological polar surface area (TPSA) is 132 Å². The van der Waals surface area contributed by atoms with Crippen molar-refractivity contribution in [3.05, 3.63) is 64.7 Å². The number of carbonyl (C=O) groups is 2. The van der Waals surface area contributed by atoms with Gasteiger partial charge in [0.1, 0.15) is 18.0 Å². The van der Waals surface area contributed by atoms with Gasteiger partial charge in [0.25, 0.3) is 15.9 Å². The number of carbonyl (C=O) groups excluding carboxylic acids is 2. The Morgan fingerprint density at radius 3 is 2.73 bits per heavy atom. The zero-order valence-corrected chi connectivity index (χ0v) is 30.9. The average Bonchev–Trinajstić information content (AvgIpc) is 3.23. The van der Waals surface area contributed by atoms with Crippen LogP contribution < -0.4 is 19.7 Å². The number of sulfonamides is 1. The summed E-state index contributed by atoms with van der Waals surface area (Å²) in [6, 6.07) is 11.0. The van der Waals surface area contributed by atoms with Crippen molar-refractivity contribution in [3.63, 3.8) is 0 Å². The summed E-state index contributed by atoms with van der Waals surface area (Å²) < 4.78 is 53.8. The van der Waals surface area contributed by atoms with E-state index < -0.39 is 21.5 Å². The van der Waals surface area contributed by atoms with E-state index in [-0.39, 0.29) is 53.4 Å². The van der Waals surface area contributed by atoms with Crippen LogP contribution in [-0.2, 0) is 45.7 Å². The molecule has 1 saturated carbocycles. The Balaban J connectivity index is 1.22. The molecule has 0 unspecified atom stereocenters. The summed E-state index contributed by atoms with van der Waals surface area (Å²) in [6.07, 6.45) is 9.61. The highest BCUT2D eigenvalue weighted by atomic mass is 35.5. The van der Waals surface area contributed by atoms with Gasteiger partial charge in [-0.25, -0.2) is 13.1 Å². The van der Waals surface area contributed by atoms with Crippen LogP contribution in [0, 0.1) is 11.8 Å². The van der Waals surface area contributed by atoms with Gasteiger partial charge in [-0.3, -0.25) is 9.59 Å². The minimum atomic E-state index is -4.23. The van der Waals surface area contributed by atoms with E-state index in [9.17, 15) is 18.0 Å². The molecule has 1 saturated heterocycles. The lowest BCUT2D eigenvalue weighted by atomic mass is 9.68. The third kappa shape index (κ3) is 7.81. The van der Waals surface area contributed by atoms with E-state index in [1.807, 2.05) is 12.1 Å². The van der Waals surface area contributed by atoms with Gasteiger partial charge in [0.05, 0.1) is 29.9 Å². The van der Waals surface area contributed by atoms with Crippen LogP contribution in [0.3, 0.4) is 0 Å². The van der Waals surface area contributed by atoms with Gasteiger partial charge in [0, 0.05) is 42.8 Å². The summed E-state index contributed by atoms with van der Waals surface area (Å²) in [5, 5.41) is 3.80. The second kappa shape index (κ2) is 14.7. The molecule has 2 fully saturated rings. The molecule has 13 heteroatoms. The van der Waals surface area contributed by atoms with E-state index in [1.165, 1.54) is 31.0 Å². The molecule has 1 spiro atoms. The number of aryl methyl sites for hydroxylation is 1. The van der Waals surface area contributed by atoms with Crippen molar-refractivity contribution >= 4 is 39.1 Å². The third-order valence-corrected chi connectivity index (χ3v) is 12.9. The highest BCUT2D eigenvalue weighted by Gasteiger charge is 2.45. The molecule has 0 radical (unpaired) electrons. The molecular weight excluding hydrogens is 694 g/mol. The first-order chi connectivity index (χ1) is 24.4.